The summed E-state index contributed by atoms with van der Waals surface area (Å²) in [4.78, 5) is -0.341. The molecule has 0 atom stereocenters. The molecule has 1 aromatic rings. The number of hydrogen-bond donors (Lipinski definition) is 1. The van der Waals surface area contributed by atoms with E-state index in [1.54, 1.807) is 6.07 Å². The summed E-state index contributed by atoms with van der Waals surface area (Å²) in [5, 5.41) is 3.00. The van der Waals surface area contributed by atoms with Crippen molar-refractivity contribution in [3.05, 3.63) is 24.3 Å². The minimum atomic E-state index is -4.57. The fourth-order valence-corrected chi connectivity index (χ4v) is 2.54. The Labute approximate surface area is 106 Å². The Morgan fingerprint density at radius 2 is 1.72 bits per heavy atom. The smallest absolute Gasteiger partial charge is 0.341 e. The van der Waals surface area contributed by atoms with Gasteiger partial charge in [0.25, 0.3) is 0 Å². The van der Waals surface area contributed by atoms with E-state index in [1.165, 1.54) is 18.2 Å². The van der Waals surface area contributed by atoms with Gasteiger partial charge in [-0.25, -0.2) is 8.42 Å². The second-order valence-corrected chi connectivity index (χ2v) is 5.85. The lowest BCUT2D eigenvalue weighted by molar-refractivity contribution is 0.235. The lowest BCUT2D eigenvalue weighted by Crippen LogP contribution is -2.20. The van der Waals surface area contributed by atoms with E-state index in [9.17, 15) is 17.2 Å². The minimum Gasteiger partial charge on any atom is -0.381 e. The van der Waals surface area contributed by atoms with Crippen molar-refractivity contribution in [1.82, 2.24) is 0 Å². The maximum absolute atomic E-state index is 12.6. The normalized spacial score (nSPS) is 12.1. The number of nitrogens with one attached hydrogen (secondary N) is 1. The standard InChI is InChI=1S/C12H17F2NO2S/c1-3-9(4-2)15-10-7-5-6-8-11(10)18(16,17)12(13)14/h5-9,12,15H,3-4H2,1-2H3. The van der Waals surface area contributed by atoms with E-state index in [0.717, 1.165) is 12.8 Å². The summed E-state index contributed by atoms with van der Waals surface area (Å²) in [6.07, 6.45) is 1.58. The van der Waals surface area contributed by atoms with Crippen molar-refractivity contribution in [2.24, 2.45) is 0 Å². The van der Waals surface area contributed by atoms with Gasteiger partial charge < -0.3 is 5.32 Å². The largest absolute Gasteiger partial charge is 0.381 e. The number of hydrogen-bond acceptors (Lipinski definition) is 3. The van der Waals surface area contributed by atoms with Gasteiger partial charge in [-0.3, -0.25) is 0 Å². The zero-order valence-electron chi connectivity index (χ0n) is 10.4. The van der Waals surface area contributed by atoms with Crippen molar-refractivity contribution in [3.63, 3.8) is 0 Å². The molecule has 1 N–H and O–H groups in total. The van der Waals surface area contributed by atoms with E-state index in [-0.39, 0.29) is 16.6 Å². The highest BCUT2D eigenvalue weighted by Gasteiger charge is 2.29. The van der Waals surface area contributed by atoms with Crippen LogP contribution in [0.15, 0.2) is 29.2 Å². The average molecular weight is 277 g/mol. The highest BCUT2D eigenvalue weighted by atomic mass is 32.2. The molecule has 0 aliphatic heterocycles. The zero-order chi connectivity index (χ0) is 13.8. The summed E-state index contributed by atoms with van der Waals surface area (Å²) in [6.45, 7) is 3.90. The van der Waals surface area contributed by atoms with Gasteiger partial charge in [-0.2, -0.15) is 8.78 Å². The number of benzene rings is 1. The van der Waals surface area contributed by atoms with E-state index < -0.39 is 15.6 Å². The molecule has 0 unspecified atom stereocenters. The van der Waals surface area contributed by atoms with E-state index in [2.05, 4.69) is 5.32 Å². The summed E-state index contributed by atoms with van der Waals surface area (Å²) in [7, 11) is -4.57. The first-order valence-corrected chi connectivity index (χ1v) is 7.35. The van der Waals surface area contributed by atoms with Gasteiger partial charge in [-0.05, 0) is 25.0 Å². The molecule has 102 valence electrons. The molecule has 1 rings (SSSR count). The van der Waals surface area contributed by atoms with Crippen LogP contribution in [0.25, 0.3) is 0 Å². The van der Waals surface area contributed by atoms with Crippen LogP contribution in [0.4, 0.5) is 14.5 Å². The van der Waals surface area contributed by atoms with Crippen molar-refractivity contribution >= 4 is 15.5 Å². The van der Waals surface area contributed by atoms with E-state index in [4.69, 9.17) is 0 Å². The predicted molar refractivity (Wildman–Crippen MR) is 67.6 cm³/mol. The van der Waals surface area contributed by atoms with Crippen molar-refractivity contribution in [3.8, 4) is 0 Å². The van der Waals surface area contributed by atoms with Crippen LogP contribution in [0.2, 0.25) is 0 Å². The molecule has 0 fully saturated rings. The molecule has 6 heteroatoms. The molecular formula is C12H17F2NO2S. The number of halogens is 2. The molecule has 0 aromatic heterocycles. The van der Waals surface area contributed by atoms with E-state index in [1.807, 2.05) is 13.8 Å². The highest BCUT2D eigenvalue weighted by molar-refractivity contribution is 7.91. The van der Waals surface area contributed by atoms with Gasteiger partial charge in [-0.1, -0.05) is 26.0 Å². The summed E-state index contributed by atoms with van der Waals surface area (Å²) >= 11 is 0. The molecule has 0 aliphatic rings. The number of para-hydroxylation sites is 1. The molecule has 0 saturated carbocycles. The number of sulfone groups is 1. The molecule has 18 heavy (non-hydrogen) atoms. The maximum atomic E-state index is 12.6. The van der Waals surface area contributed by atoms with Crippen molar-refractivity contribution < 1.29 is 17.2 Å². The van der Waals surface area contributed by atoms with Crippen LogP contribution in [0.1, 0.15) is 26.7 Å². The molecular weight excluding hydrogens is 260 g/mol. The fourth-order valence-electron chi connectivity index (χ4n) is 1.64. The van der Waals surface area contributed by atoms with Gasteiger partial charge in [0.15, 0.2) is 0 Å². The maximum Gasteiger partial charge on any atom is 0.341 e. The first-order chi connectivity index (χ1) is 8.43. The van der Waals surface area contributed by atoms with Gasteiger partial charge >= 0.3 is 5.76 Å². The second-order valence-electron chi connectivity index (χ2n) is 3.96. The van der Waals surface area contributed by atoms with E-state index >= 15 is 0 Å². The Balaban J connectivity index is 3.15. The Morgan fingerprint density at radius 1 is 1.17 bits per heavy atom. The molecule has 3 nitrogen and oxygen atoms in total. The topological polar surface area (TPSA) is 46.2 Å². The summed E-state index contributed by atoms with van der Waals surface area (Å²) in [5.41, 5.74) is 0.242. The third kappa shape index (κ3) is 3.19. The monoisotopic (exact) mass is 277 g/mol. The molecule has 0 amide bonds. The van der Waals surface area contributed by atoms with Crippen molar-refractivity contribution in [2.75, 3.05) is 5.32 Å². The van der Waals surface area contributed by atoms with Gasteiger partial charge in [-0.15, -0.1) is 0 Å². The predicted octanol–water partition coefficient (Wildman–Crippen LogP) is 3.28. The molecule has 0 radical (unpaired) electrons. The van der Waals surface area contributed by atoms with Crippen molar-refractivity contribution in [1.29, 1.82) is 0 Å². The highest BCUT2D eigenvalue weighted by Crippen LogP contribution is 2.27. The third-order valence-corrected chi connectivity index (χ3v) is 4.21. The summed E-state index contributed by atoms with van der Waals surface area (Å²) < 4.78 is 48.2. The number of anilines is 1. The first-order valence-electron chi connectivity index (χ1n) is 5.81. The van der Waals surface area contributed by atoms with Crippen LogP contribution < -0.4 is 5.32 Å². The van der Waals surface area contributed by atoms with Crippen molar-refractivity contribution in [2.45, 2.75) is 43.4 Å². The van der Waals surface area contributed by atoms with Gasteiger partial charge in [0.2, 0.25) is 9.84 Å². The lowest BCUT2D eigenvalue weighted by Gasteiger charge is -2.18. The molecule has 1 aromatic carbocycles. The molecule has 0 heterocycles. The first kappa shape index (κ1) is 14.9. The van der Waals surface area contributed by atoms with Crippen LogP contribution >= 0.6 is 0 Å². The summed E-state index contributed by atoms with van der Waals surface area (Å²) in [5.74, 6) is -3.40. The third-order valence-electron chi connectivity index (χ3n) is 2.77. The second kappa shape index (κ2) is 6.13. The number of alkyl halides is 2. The van der Waals surface area contributed by atoms with Crippen LogP contribution in [-0.2, 0) is 9.84 Å². The Bertz CT molecular complexity index is 485. The Kier molecular flexibility index (Phi) is 5.07. The van der Waals surface area contributed by atoms with Crippen LogP contribution in [0, 0.1) is 0 Å². The molecule has 0 aliphatic carbocycles. The zero-order valence-corrected chi connectivity index (χ0v) is 11.2. The Morgan fingerprint density at radius 3 is 2.22 bits per heavy atom. The quantitative estimate of drug-likeness (QED) is 0.868. The lowest BCUT2D eigenvalue weighted by atomic mass is 10.1. The van der Waals surface area contributed by atoms with Gasteiger partial charge in [0, 0.05) is 6.04 Å². The fraction of sp³-hybridized carbons (Fsp3) is 0.500. The molecule has 0 bridgehead atoms. The summed E-state index contributed by atoms with van der Waals surface area (Å²) in [6, 6.07) is 5.83. The molecule has 0 saturated heterocycles. The SMILES string of the molecule is CCC(CC)Nc1ccccc1S(=O)(=O)C(F)F. The van der Waals surface area contributed by atoms with Crippen LogP contribution in [0.5, 0.6) is 0 Å². The number of rotatable bonds is 6. The average Bonchev–Trinajstić information content (AvgIpc) is 2.36. The van der Waals surface area contributed by atoms with Gasteiger partial charge in [0.1, 0.15) is 0 Å². The van der Waals surface area contributed by atoms with Crippen LogP contribution in [-0.4, -0.2) is 20.2 Å². The van der Waals surface area contributed by atoms with Gasteiger partial charge in [0.05, 0.1) is 10.6 Å². The minimum absolute atomic E-state index is 0.0685. The van der Waals surface area contributed by atoms with E-state index in [0.29, 0.717) is 0 Å². The Hall–Kier alpha value is -1.17. The molecule has 0 spiro atoms. The van der Waals surface area contributed by atoms with Crippen LogP contribution in [0.3, 0.4) is 0 Å².